The highest BCUT2D eigenvalue weighted by Gasteiger charge is 2.31. The Morgan fingerprint density at radius 3 is 2.71 bits per heavy atom. The van der Waals surface area contributed by atoms with E-state index in [1.807, 2.05) is 35.0 Å². The second-order valence-electron chi connectivity index (χ2n) is 6.37. The predicted molar refractivity (Wildman–Crippen MR) is 90.3 cm³/mol. The number of para-hydroxylation sites is 1. The maximum absolute atomic E-state index is 12.6. The van der Waals surface area contributed by atoms with Gasteiger partial charge in [0.25, 0.3) is 0 Å². The minimum atomic E-state index is -3.32. The molecule has 4 rings (SSSR count). The zero-order chi connectivity index (χ0) is 16.6. The number of benzene rings is 1. The summed E-state index contributed by atoms with van der Waals surface area (Å²) in [6.07, 6.45) is 2.41. The van der Waals surface area contributed by atoms with E-state index in [-0.39, 0.29) is 12.4 Å². The van der Waals surface area contributed by atoms with Crippen LogP contribution < -0.4 is 4.74 Å². The summed E-state index contributed by atoms with van der Waals surface area (Å²) in [4.78, 5) is 0. The Labute approximate surface area is 142 Å². The van der Waals surface area contributed by atoms with E-state index in [2.05, 4.69) is 11.2 Å². The maximum atomic E-state index is 12.6. The molecule has 1 saturated carbocycles. The molecule has 1 aromatic heterocycles. The second-order valence-corrected chi connectivity index (χ2v) is 8.46. The number of hydrogen-bond acceptors (Lipinski definition) is 4. The molecule has 0 unspecified atom stereocenters. The lowest BCUT2D eigenvalue weighted by atomic mass is 10.2. The summed E-state index contributed by atoms with van der Waals surface area (Å²) in [5, 5.41) is 4.60. The molecule has 0 radical (unpaired) electrons. The summed E-state index contributed by atoms with van der Waals surface area (Å²) in [6, 6.07) is 11.4. The molecule has 2 aromatic rings. The number of sulfonamides is 1. The number of aromatic nitrogens is 2. The van der Waals surface area contributed by atoms with E-state index in [1.54, 1.807) is 4.31 Å². The van der Waals surface area contributed by atoms with Gasteiger partial charge in [-0.25, -0.2) is 8.42 Å². The van der Waals surface area contributed by atoms with Crippen molar-refractivity contribution in [3.63, 3.8) is 0 Å². The van der Waals surface area contributed by atoms with Gasteiger partial charge in [-0.05, 0) is 31.0 Å². The SMILES string of the molecule is O=S(=O)(CCOc1ccccc1)N1CCn2nc(C3CC3)cc2C1. The quantitative estimate of drug-likeness (QED) is 0.802. The van der Waals surface area contributed by atoms with Gasteiger partial charge in [0, 0.05) is 12.5 Å². The van der Waals surface area contributed by atoms with E-state index in [0.717, 1.165) is 11.4 Å². The molecule has 0 amide bonds. The third-order valence-electron chi connectivity index (χ3n) is 4.52. The van der Waals surface area contributed by atoms with Crippen LogP contribution in [-0.4, -0.2) is 41.4 Å². The third-order valence-corrected chi connectivity index (χ3v) is 6.31. The average Bonchev–Trinajstić information content (AvgIpc) is 3.34. The molecule has 24 heavy (non-hydrogen) atoms. The van der Waals surface area contributed by atoms with Crippen molar-refractivity contribution in [2.24, 2.45) is 0 Å². The van der Waals surface area contributed by atoms with E-state index >= 15 is 0 Å². The van der Waals surface area contributed by atoms with Crippen LogP contribution in [0.5, 0.6) is 5.75 Å². The van der Waals surface area contributed by atoms with Crippen molar-refractivity contribution in [3.05, 3.63) is 47.8 Å². The lowest BCUT2D eigenvalue weighted by molar-refractivity contribution is 0.311. The summed E-state index contributed by atoms with van der Waals surface area (Å²) < 4.78 is 34.1. The van der Waals surface area contributed by atoms with E-state index in [1.165, 1.54) is 12.8 Å². The highest BCUT2D eigenvalue weighted by atomic mass is 32.2. The molecule has 2 heterocycles. The van der Waals surface area contributed by atoms with Crippen LogP contribution in [0.4, 0.5) is 0 Å². The molecule has 2 aliphatic rings. The molecule has 0 atom stereocenters. The minimum Gasteiger partial charge on any atom is -0.492 e. The Hall–Kier alpha value is -1.86. The van der Waals surface area contributed by atoms with Crippen molar-refractivity contribution in [1.82, 2.24) is 14.1 Å². The first-order valence-electron chi connectivity index (χ1n) is 8.34. The smallest absolute Gasteiger partial charge is 0.217 e. The minimum absolute atomic E-state index is 0.00842. The molecule has 0 N–H and O–H groups in total. The van der Waals surface area contributed by atoms with Gasteiger partial charge in [-0.3, -0.25) is 4.68 Å². The molecular formula is C17H21N3O3S. The van der Waals surface area contributed by atoms with Gasteiger partial charge in [0.05, 0.1) is 30.2 Å². The molecular weight excluding hydrogens is 326 g/mol. The van der Waals surface area contributed by atoms with E-state index in [0.29, 0.717) is 31.3 Å². The summed E-state index contributed by atoms with van der Waals surface area (Å²) in [5.74, 6) is 1.27. The Morgan fingerprint density at radius 1 is 1.17 bits per heavy atom. The van der Waals surface area contributed by atoms with Crippen LogP contribution in [0.25, 0.3) is 0 Å². The van der Waals surface area contributed by atoms with Crippen LogP contribution in [0, 0.1) is 0 Å². The molecule has 1 aliphatic carbocycles. The average molecular weight is 347 g/mol. The molecule has 7 heteroatoms. The lowest BCUT2D eigenvalue weighted by Gasteiger charge is -2.26. The van der Waals surface area contributed by atoms with Gasteiger partial charge < -0.3 is 4.74 Å². The normalized spacial score (nSPS) is 18.3. The Kier molecular flexibility index (Phi) is 4.05. The standard InChI is InChI=1S/C17H21N3O3S/c21-24(22,11-10-23-16-4-2-1-3-5-16)19-8-9-20-15(13-19)12-17(18-20)14-6-7-14/h1-5,12,14H,6-11,13H2. The van der Waals surface area contributed by atoms with Crippen LogP contribution in [0.1, 0.15) is 30.1 Å². The van der Waals surface area contributed by atoms with Gasteiger partial charge in [0.1, 0.15) is 12.4 Å². The molecule has 0 spiro atoms. The Morgan fingerprint density at radius 2 is 1.96 bits per heavy atom. The van der Waals surface area contributed by atoms with E-state index in [9.17, 15) is 8.42 Å². The van der Waals surface area contributed by atoms with Gasteiger partial charge in [0.15, 0.2) is 0 Å². The summed E-state index contributed by atoms with van der Waals surface area (Å²) >= 11 is 0. The fourth-order valence-electron chi connectivity index (χ4n) is 2.99. The highest BCUT2D eigenvalue weighted by Crippen LogP contribution is 2.39. The zero-order valence-electron chi connectivity index (χ0n) is 13.5. The first kappa shape index (κ1) is 15.7. The van der Waals surface area contributed by atoms with Crippen molar-refractivity contribution >= 4 is 10.0 Å². The van der Waals surface area contributed by atoms with E-state index < -0.39 is 10.0 Å². The Bertz CT molecular complexity index is 813. The molecule has 1 aliphatic heterocycles. The van der Waals surface area contributed by atoms with Crippen LogP contribution in [-0.2, 0) is 23.1 Å². The highest BCUT2D eigenvalue weighted by molar-refractivity contribution is 7.89. The largest absolute Gasteiger partial charge is 0.492 e. The number of rotatable bonds is 6. The van der Waals surface area contributed by atoms with Gasteiger partial charge in [0.2, 0.25) is 10.0 Å². The molecule has 128 valence electrons. The zero-order valence-corrected chi connectivity index (χ0v) is 14.3. The van der Waals surface area contributed by atoms with Crippen molar-refractivity contribution in [3.8, 4) is 5.75 Å². The topological polar surface area (TPSA) is 64.4 Å². The number of nitrogens with zero attached hydrogens (tertiary/aromatic N) is 3. The lowest BCUT2D eigenvalue weighted by Crippen LogP contribution is -2.40. The second kappa shape index (κ2) is 6.22. The van der Waals surface area contributed by atoms with Gasteiger partial charge in [-0.2, -0.15) is 9.40 Å². The number of fused-ring (bicyclic) bond motifs is 1. The number of hydrogen-bond donors (Lipinski definition) is 0. The summed E-state index contributed by atoms with van der Waals surface area (Å²) in [7, 11) is -3.32. The van der Waals surface area contributed by atoms with Crippen LogP contribution in [0.3, 0.4) is 0 Å². The molecule has 1 fully saturated rings. The van der Waals surface area contributed by atoms with Crippen molar-refractivity contribution < 1.29 is 13.2 Å². The Balaban J connectivity index is 1.37. The monoisotopic (exact) mass is 347 g/mol. The first-order valence-corrected chi connectivity index (χ1v) is 9.95. The van der Waals surface area contributed by atoms with Gasteiger partial charge in [-0.1, -0.05) is 18.2 Å². The summed E-state index contributed by atoms with van der Waals surface area (Å²) in [5.41, 5.74) is 2.12. The summed E-state index contributed by atoms with van der Waals surface area (Å²) in [6.45, 7) is 1.68. The maximum Gasteiger partial charge on any atom is 0.217 e. The third kappa shape index (κ3) is 3.32. The molecule has 0 bridgehead atoms. The van der Waals surface area contributed by atoms with Crippen LogP contribution >= 0.6 is 0 Å². The molecule has 1 aromatic carbocycles. The van der Waals surface area contributed by atoms with Crippen LogP contribution in [0.2, 0.25) is 0 Å². The first-order chi connectivity index (χ1) is 11.6. The molecule has 0 saturated heterocycles. The van der Waals surface area contributed by atoms with E-state index in [4.69, 9.17) is 4.74 Å². The van der Waals surface area contributed by atoms with Crippen molar-refractivity contribution in [2.75, 3.05) is 18.9 Å². The number of ether oxygens (including phenoxy) is 1. The van der Waals surface area contributed by atoms with Crippen molar-refractivity contribution in [2.45, 2.75) is 31.8 Å². The molecule has 6 nitrogen and oxygen atoms in total. The fourth-order valence-corrected chi connectivity index (χ4v) is 4.23. The van der Waals surface area contributed by atoms with Crippen LogP contribution in [0.15, 0.2) is 36.4 Å². The fraction of sp³-hybridized carbons (Fsp3) is 0.471. The predicted octanol–water partition coefficient (Wildman–Crippen LogP) is 1.98. The van der Waals surface area contributed by atoms with Gasteiger partial charge >= 0.3 is 0 Å². The van der Waals surface area contributed by atoms with Gasteiger partial charge in [-0.15, -0.1) is 0 Å². The van der Waals surface area contributed by atoms with Crippen molar-refractivity contribution in [1.29, 1.82) is 0 Å².